The fraction of sp³-hybridized carbons (Fsp3) is 0.667. The van der Waals surface area contributed by atoms with E-state index < -0.39 is 0 Å². The van der Waals surface area contributed by atoms with E-state index in [1.165, 1.54) is 0 Å². The molecule has 0 spiro atoms. The Morgan fingerprint density at radius 2 is 2.46 bits per heavy atom. The molecule has 0 aliphatic carbocycles. The lowest BCUT2D eigenvalue weighted by Gasteiger charge is -2.06. The average Bonchev–Trinajstić information content (AvgIpc) is 2.55. The lowest BCUT2D eigenvalue weighted by Crippen LogP contribution is -2.25. The SMILES string of the molecule is CC(O)CNCCCn1ccnc1. The average molecular weight is 183 g/mol. The van der Waals surface area contributed by atoms with Crippen molar-refractivity contribution in [2.24, 2.45) is 0 Å². The number of nitrogens with one attached hydrogen (secondary N) is 1. The topological polar surface area (TPSA) is 50.1 Å². The molecule has 1 atom stereocenters. The minimum atomic E-state index is -0.256. The van der Waals surface area contributed by atoms with Gasteiger partial charge in [-0.05, 0) is 19.9 Å². The fourth-order valence-corrected chi connectivity index (χ4v) is 1.12. The minimum Gasteiger partial charge on any atom is -0.392 e. The van der Waals surface area contributed by atoms with Crippen molar-refractivity contribution >= 4 is 0 Å². The van der Waals surface area contributed by atoms with E-state index in [4.69, 9.17) is 5.11 Å². The number of hydrogen-bond donors (Lipinski definition) is 2. The van der Waals surface area contributed by atoms with Gasteiger partial charge in [-0.25, -0.2) is 4.98 Å². The molecule has 0 amide bonds. The van der Waals surface area contributed by atoms with Gasteiger partial charge in [0.05, 0.1) is 12.4 Å². The molecule has 0 aliphatic rings. The fourth-order valence-electron chi connectivity index (χ4n) is 1.12. The summed E-state index contributed by atoms with van der Waals surface area (Å²) < 4.78 is 2.05. The zero-order valence-electron chi connectivity index (χ0n) is 7.98. The molecule has 74 valence electrons. The highest BCUT2D eigenvalue weighted by Crippen LogP contribution is 1.88. The highest BCUT2D eigenvalue weighted by Gasteiger charge is 1.94. The van der Waals surface area contributed by atoms with Gasteiger partial charge in [-0.1, -0.05) is 0 Å². The second kappa shape index (κ2) is 5.72. The van der Waals surface area contributed by atoms with Gasteiger partial charge >= 0.3 is 0 Å². The lowest BCUT2D eigenvalue weighted by atomic mass is 10.3. The van der Waals surface area contributed by atoms with E-state index in [0.29, 0.717) is 6.54 Å². The van der Waals surface area contributed by atoms with Crippen LogP contribution in [0.1, 0.15) is 13.3 Å². The smallest absolute Gasteiger partial charge is 0.0945 e. The van der Waals surface area contributed by atoms with Gasteiger partial charge in [-0.15, -0.1) is 0 Å². The van der Waals surface area contributed by atoms with Crippen LogP contribution in [0.5, 0.6) is 0 Å². The molecule has 0 radical (unpaired) electrons. The Labute approximate surface area is 78.6 Å². The van der Waals surface area contributed by atoms with E-state index in [2.05, 4.69) is 10.3 Å². The molecule has 0 bridgehead atoms. The molecular weight excluding hydrogens is 166 g/mol. The number of nitrogens with zero attached hydrogens (tertiary/aromatic N) is 2. The first-order valence-corrected chi connectivity index (χ1v) is 4.63. The number of aliphatic hydroxyl groups excluding tert-OH is 1. The molecule has 1 aromatic heterocycles. The van der Waals surface area contributed by atoms with Crippen molar-refractivity contribution < 1.29 is 5.11 Å². The first-order chi connectivity index (χ1) is 6.29. The monoisotopic (exact) mass is 183 g/mol. The van der Waals surface area contributed by atoms with Gasteiger partial charge in [0.2, 0.25) is 0 Å². The van der Waals surface area contributed by atoms with Crippen LogP contribution in [0.15, 0.2) is 18.7 Å². The molecule has 1 rings (SSSR count). The van der Waals surface area contributed by atoms with E-state index in [1.54, 1.807) is 13.1 Å². The zero-order valence-corrected chi connectivity index (χ0v) is 7.98. The molecule has 4 nitrogen and oxygen atoms in total. The maximum absolute atomic E-state index is 8.96. The van der Waals surface area contributed by atoms with Crippen LogP contribution >= 0.6 is 0 Å². The van der Waals surface area contributed by atoms with Crippen LogP contribution in [0.4, 0.5) is 0 Å². The molecule has 13 heavy (non-hydrogen) atoms. The summed E-state index contributed by atoms with van der Waals surface area (Å²) in [5, 5.41) is 12.1. The first-order valence-electron chi connectivity index (χ1n) is 4.63. The molecular formula is C9H17N3O. The van der Waals surface area contributed by atoms with Crippen LogP contribution in [0.2, 0.25) is 0 Å². The summed E-state index contributed by atoms with van der Waals surface area (Å²) in [6.07, 6.45) is 6.35. The van der Waals surface area contributed by atoms with Crippen LogP contribution in [0.25, 0.3) is 0 Å². The van der Waals surface area contributed by atoms with Gasteiger partial charge in [0, 0.05) is 25.5 Å². The van der Waals surface area contributed by atoms with Crippen LogP contribution in [0, 0.1) is 0 Å². The van der Waals surface area contributed by atoms with Crippen molar-refractivity contribution in [2.45, 2.75) is 26.0 Å². The van der Waals surface area contributed by atoms with Crippen LogP contribution < -0.4 is 5.32 Å². The maximum atomic E-state index is 8.96. The number of hydrogen-bond acceptors (Lipinski definition) is 3. The van der Waals surface area contributed by atoms with Gasteiger partial charge in [0.15, 0.2) is 0 Å². The Bertz CT molecular complexity index is 209. The number of aliphatic hydroxyl groups is 1. The summed E-state index contributed by atoms with van der Waals surface area (Å²) in [7, 11) is 0. The molecule has 0 aliphatic heterocycles. The summed E-state index contributed by atoms with van der Waals surface area (Å²) in [5.41, 5.74) is 0. The predicted molar refractivity (Wildman–Crippen MR) is 51.4 cm³/mol. The summed E-state index contributed by atoms with van der Waals surface area (Å²) in [4.78, 5) is 3.95. The molecule has 0 saturated heterocycles. The largest absolute Gasteiger partial charge is 0.392 e. The van der Waals surface area contributed by atoms with Gasteiger partial charge in [-0.2, -0.15) is 0 Å². The second-order valence-electron chi connectivity index (χ2n) is 3.21. The molecule has 0 fully saturated rings. The summed E-state index contributed by atoms with van der Waals surface area (Å²) in [6.45, 7) is 4.36. The predicted octanol–water partition coefficient (Wildman–Crippen LogP) is 0.244. The van der Waals surface area contributed by atoms with E-state index in [9.17, 15) is 0 Å². The molecule has 0 saturated carbocycles. The first kappa shape index (κ1) is 10.2. The molecule has 4 heteroatoms. The third-order valence-electron chi connectivity index (χ3n) is 1.77. The van der Waals surface area contributed by atoms with E-state index in [-0.39, 0.29) is 6.10 Å². The van der Waals surface area contributed by atoms with Crippen molar-refractivity contribution in [3.8, 4) is 0 Å². The highest BCUT2D eigenvalue weighted by molar-refractivity contribution is 4.73. The molecule has 2 N–H and O–H groups in total. The van der Waals surface area contributed by atoms with Gasteiger partial charge in [0.25, 0.3) is 0 Å². The number of rotatable bonds is 6. The standard InChI is InChI=1S/C9H17N3O/c1-9(13)7-10-3-2-5-12-6-4-11-8-12/h4,6,8-10,13H,2-3,5,7H2,1H3. The molecule has 1 heterocycles. The Balaban J connectivity index is 1.96. The van der Waals surface area contributed by atoms with Crippen LogP contribution in [-0.2, 0) is 6.54 Å². The third-order valence-corrected chi connectivity index (χ3v) is 1.77. The van der Waals surface area contributed by atoms with Crippen molar-refractivity contribution in [2.75, 3.05) is 13.1 Å². The van der Waals surface area contributed by atoms with Crippen molar-refractivity contribution in [1.82, 2.24) is 14.9 Å². The van der Waals surface area contributed by atoms with Crippen molar-refractivity contribution in [3.63, 3.8) is 0 Å². The number of imidazole rings is 1. The van der Waals surface area contributed by atoms with Crippen molar-refractivity contribution in [1.29, 1.82) is 0 Å². The Hall–Kier alpha value is -0.870. The lowest BCUT2D eigenvalue weighted by molar-refractivity contribution is 0.191. The second-order valence-corrected chi connectivity index (χ2v) is 3.21. The van der Waals surface area contributed by atoms with Gasteiger partial charge in [0.1, 0.15) is 0 Å². The Kier molecular flexibility index (Phi) is 4.49. The van der Waals surface area contributed by atoms with Gasteiger partial charge < -0.3 is 15.0 Å². The van der Waals surface area contributed by atoms with Crippen LogP contribution in [0.3, 0.4) is 0 Å². The summed E-state index contributed by atoms with van der Waals surface area (Å²) in [6, 6.07) is 0. The van der Waals surface area contributed by atoms with E-state index in [1.807, 2.05) is 17.1 Å². The highest BCUT2D eigenvalue weighted by atomic mass is 16.3. The van der Waals surface area contributed by atoms with Crippen LogP contribution in [-0.4, -0.2) is 33.9 Å². The number of aromatic nitrogens is 2. The molecule has 1 unspecified atom stereocenters. The third kappa shape index (κ3) is 4.65. The molecule has 1 aromatic rings. The van der Waals surface area contributed by atoms with E-state index >= 15 is 0 Å². The Morgan fingerprint density at radius 1 is 1.62 bits per heavy atom. The minimum absolute atomic E-state index is 0.256. The zero-order chi connectivity index (χ0) is 9.52. The van der Waals surface area contributed by atoms with Crippen molar-refractivity contribution in [3.05, 3.63) is 18.7 Å². The summed E-state index contributed by atoms with van der Waals surface area (Å²) >= 11 is 0. The number of aryl methyl sites for hydroxylation is 1. The quantitative estimate of drug-likeness (QED) is 0.621. The van der Waals surface area contributed by atoms with Gasteiger partial charge in [-0.3, -0.25) is 0 Å². The Morgan fingerprint density at radius 3 is 3.08 bits per heavy atom. The summed E-state index contributed by atoms with van der Waals surface area (Å²) in [5.74, 6) is 0. The maximum Gasteiger partial charge on any atom is 0.0945 e. The van der Waals surface area contributed by atoms with E-state index in [0.717, 1.165) is 19.5 Å². The molecule has 0 aromatic carbocycles. The normalized spacial score (nSPS) is 13.1.